The van der Waals surface area contributed by atoms with Crippen LogP contribution in [0.25, 0.3) is 6.08 Å². The van der Waals surface area contributed by atoms with Gasteiger partial charge in [-0.25, -0.2) is 0 Å². The molecule has 1 N–H and O–H groups in total. The lowest BCUT2D eigenvalue weighted by Gasteiger charge is -2.17. The van der Waals surface area contributed by atoms with Crippen molar-refractivity contribution >= 4 is 12.0 Å². The number of carbonyl (C=O) groups excluding carboxylic acids is 1. The lowest BCUT2D eigenvalue weighted by Crippen LogP contribution is -2.24. The van der Waals surface area contributed by atoms with E-state index in [-0.39, 0.29) is 18.6 Å². The Balaban J connectivity index is 1.98. The number of amides is 1. The maximum atomic E-state index is 12.3. The Morgan fingerprint density at radius 2 is 1.76 bits per heavy atom. The highest BCUT2D eigenvalue weighted by atomic mass is 16.5. The number of carbonyl (C=O) groups is 1. The molecule has 1 atom stereocenters. The van der Waals surface area contributed by atoms with E-state index in [9.17, 15) is 4.79 Å². The summed E-state index contributed by atoms with van der Waals surface area (Å²) in [7, 11) is 0. The summed E-state index contributed by atoms with van der Waals surface area (Å²) in [5.74, 6) is 1.78. The minimum atomic E-state index is -0.200. The lowest BCUT2D eigenvalue weighted by atomic mass is 10.1. The molecular formula is C23H26N2O4. The van der Waals surface area contributed by atoms with Gasteiger partial charge in [-0.3, -0.25) is 4.79 Å². The summed E-state index contributed by atoms with van der Waals surface area (Å²) in [6, 6.07) is 14.6. The third-order valence-corrected chi connectivity index (χ3v) is 4.04. The number of nitrogens with one attached hydrogen (secondary N) is 1. The molecule has 2 rings (SSSR count). The number of hydrogen-bond acceptors (Lipinski definition) is 5. The molecule has 0 saturated carbocycles. The topological polar surface area (TPSA) is 80.6 Å². The van der Waals surface area contributed by atoms with Crippen LogP contribution in [0.3, 0.4) is 0 Å². The second kappa shape index (κ2) is 11.4. The summed E-state index contributed by atoms with van der Waals surface area (Å²) in [6.07, 6.45) is 3.21. The van der Waals surface area contributed by atoms with Crippen LogP contribution in [0.4, 0.5) is 0 Å². The predicted octanol–water partition coefficient (Wildman–Crippen LogP) is 4.28. The van der Waals surface area contributed by atoms with Crippen molar-refractivity contribution in [3.8, 4) is 23.3 Å². The van der Waals surface area contributed by atoms with Crippen LogP contribution in [0, 0.1) is 11.3 Å². The van der Waals surface area contributed by atoms with E-state index in [0.717, 1.165) is 11.1 Å². The molecule has 29 heavy (non-hydrogen) atoms. The molecule has 0 aliphatic heterocycles. The van der Waals surface area contributed by atoms with Crippen LogP contribution >= 0.6 is 0 Å². The summed E-state index contributed by atoms with van der Waals surface area (Å²) in [4.78, 5) is 12.3. The molecular weight excluding hydrogens is 368 g/mol. The summed E-state index contributed by atoms with van der Waals surface area (Å²) < 4.78 is 16.4. The fourth-order valence-electron chi connectivity index (χ4n) is 2.64. The highest BCUT2D eigenvalue weighted by Gasteiger charge is 2.12. The van der Waals surface area contributed by atoms with Crippen LogP contribution in [-0.4, -0.2) is 25.7 Å². The van der Waals surface area contributed by atoms with E-state index >= 15 is 0 Å². The van der Waals surface area contributed by atoms with Gasteiger partial charge < -0.3 is 19.5 Å². The van der Waals surface area contributed by atoms with Crippen molar-refractivity contribution in [1.82, 2.24) is 5.32 Å². The van der Waals surface area contributed by atoms with Gasteiger partial charge in [0.1, 0.15) is 11.8 Å². The van der Waals surface area contributed by atoms with Crippen molar-refractivity contribution in [3.63, 3.8) is 0 Å². The molecule has 2 aromatic carbocycles. The van der Waals surface area contributed by atoms with Crippen molar-refractivity contribution in [1.29, 1.82) is 5.26 Å². The first-order valence-electron chi connectivity index (χ1n) is 9.55. The van der Waals surface area contributed by atoms with Crippen LogP contribution in [0.1, 0.15) is 37.9 Å². The highest BCUT2D eigenvalue weighted by molar-refractivity contribution is 5.92. The molecule has 0 aliphatic carbocycles. The summed E-state index contributed by atoms with van der Waals surface area (Å²) in [6.45, 7) is 6.85. The average molecular weight is 394 g/mol. The first-order chi connectivity index (χ1) is 14.1. The molecule has 0 radical (unpaired) electrons. The predicted molar refractivity (Wildman–Crippen MR) is 112 cm³/mol. The van der Waals surface area contributed by atoms with E-state index < -0.39 is 0 Å². The first-order valence-corrected chi connectivity index (χ1v) is 9.55. The largest absolute Gasteiger partial charge is 0.490 e. The quantitative estimate of drug-likeness (QED) is 0.609. The molecule has 0 aliphatic rings. The Morgan fingerprint density at radius 1 is 1.07 bits per heavy atom. The number of ether oxygens (including phenoxy) is 3. The fourth-order valence-corrected chi connectivity index (χ4v) is 2.64. The van der Waals surface area contributed by atoms with Gasteiger partial charge in [-0.1, -0.05) is 18.2 Å². The number of nitriles is 1. The van der Waals surface area contributed by atoms with Gasteiger partial charge in [0, 0.05) is 6.08 Å². The Labute approximate surface area is 171 Å². The molecule has 0 bridgehead atoms. The van der Waals surface area contributed by atoms with Crippen molar-refractivity contribution in [2.45, 2.75) is 26.8 Å². The zero-order valence-corrected chi connectivity index (χ0v) is 17.0. The minimum Gasteiger partial charge on any atom is -0.490 e. The molecule has 0 saturated heterocycles. The molecule has 2 aromatic rings. The normalized spacial score (nSPS) is 11.5. The highest BCUT2D eigenvalue weighted by Crippen LogP contribution is 2.30. The smallest absolute Gasteiger partial charge is 0.244 e. The maximum absolute atomic E-state index is 12.3. The first kappa shape index (κ1) is 21.8. The number of hydrogen-bond donors (Lipinski definition) is 1. The lowest BCUT2D eigenvalue weighted by molar-refractivity contribution is -0.117. The molecule has 1 unspecified atom stereocenters. The van der Waals surface area contributed by atoms with E-state index in [0.29, 0.717) is 30.5 Å². The van der Waals surface area contributed by atoms with E-state index in [1.54, 1.807) is 18.2 Å². The zero-order chi connectivity index (χ0) is 21.1. The second-order valence-corrected chi connectivity index (χ2v) is 6.15. The fraction of sp³-hybridized carbons (Fsp3) is 0.304. The van der Waals surface area contributed by atoms with Crippen LogP contribution in [-0.2, 0) is 4.79 Å². The minimum absolute atomic E-state index is 0.00599. The molecule has 6 nitrogen and oxygen atoms in total. The molecule has 0 aromatic heterocycles. The standard InChI is InChI=1S/C23H26N2O4/c1-4-27-21-12-9-19(16-22(21)28-5-2)17(3)25-23(26)13-8-18-6-10-20(11-7-18)29-15-14-24/h6-13,16-17H,4-5,15H2,1-3H3,(H,25,26). The summed E-state index contributed by atoms with van der Waals surface area (Å²) in [5, 5.41) is 11.5. The van der Waals surface area contributed by atoms with E-state index in [2.05, 4.69) is 5.32 Å². The third-order valence-electron chi connectivity index (χ3n) is 4.04. The van der Waals surface area contributed by atoms with E-state index in [1.165, 1.54) is 6.08 Å². The van der Waals surface area contributed by atoms with Gasteiger partial charge in [0.05, 0.1) is 19.3 Å². The Kier molecular flexibility index (Phi) is 8.58. The van der Waals surface area contributed by atoms with Gasteiger partial charge in [0.25, 0.3) is 0 Å². The van der Waals surface area contributed by atoms with Crippen LogP contribution in [0.2, 0.25) is 0 Å². The zero-order valence-electron chi connectivity index (χ0n) is 17.0. The summed E-state index contributed by atoms with van der Waals surface area (Å²) in [5.41, 5.74) is 1.79. The molecule has 6 heteroatoms. The van der Waals surface area contributed by atoms with E-state index in [1.807, 2.05) is 57.2 Å². The third kappa shape index (κ3) is 6.89. The molecule has 0 spiro atoms. The average Bonchev–Trinajstić information content (AvgIpc) is 2.73. The van der Waals surface area contributed by atoms with Crippen LogP contribution in [0.5, 0.6) is 17.2 Å². The van der Waals surface area contributed by atoms with Gasteiger partial charge in [-0.2, -0.15) is 5.26 Å². The van der Waals surface area contributed by atoms with Crippen LogP contribution < -0.4 is 19.5 Å². The van der Waals surface area contributed by atoms with Gasteiger partial charge in [0.15, 0.2) is 18.1 Å². The van der Waals surface area contributed by atoms with Crippen molar-refractivity contribution in [2.75, 3.05) is 19.8 Å². The Bertz CT molecular complexity index is 869. The number of benzene rings is 2. The Hall–Kier alpha value is -3.46. The number of nitrogens with zero attached hydrogens (tertiary/aromatic N) is 1. The van der Waals surface area contributed by atoms with Gasteiger partial charge in [-0.05, 0) is 62.2 Å². The van der Waals surface area contributed by atoms with E-state index in [4.69, 9.17) is 19.5 Å². The summed E-state index contributed by atoms with van der Waals surface area (Å²) >= 11 is 0. The maximum Gasteiger partial charge on any atom is 0.244 e. The van der Waals surface area contributed by atoms with Gasteiger partial charge in [0.2, 0.25) is 5.91 Å². The molecule has 152 valence electrons. The van der Waals surface area contributed by atoms with Gasteiger partial charge in [-0.15, -0.1) is 0 Å². The van der Waals surface area contributed by atoms with Crippen molar-refractivity contribution in [2.24, 2.45) is 0 Å². The molecule has 0 heterocycles. The molecule has 1 amide bonds. The second-order valence-electron chi connectivity index (χ2n) is 6.15. The van der Waals surface area contributed by atoms with Gasteiger partial charge >= 0.3 is 0 Å². The molecule has 0 fully saturated rings. The monoisotopic (exact) mass is 394 g/mol. The van der Waals surface area contributed by atoms with Crippen LogP contribution in [0.15, 0.2) is 48.5 Å². The van der Waals surface area contributed by atoms with Crippen molar-refractivity contribution < 1.29 is 19.0 Å². The van der Waals surface area contributed by atoms with Crippen molar-refractivity contribution in [3.05, 3.63) is 59.7 Å². The SMILES string of the molecule is CCOc1ccc(C(C)NC(=O)C=Cc2ccc(OCC#N)cc2)cc1OCC. The number of rotatable bonds is 10. The Morgan fingerprint density at radius 3 is 2.41 bits per heavy atom.